The molecule has 0 unspecified atom stereocenters. The van der Waals surface area contributed by atoms with Gasteiger partial charge in [0.25, 0.3) is 5.91 Å². The van der Waals surface area contributed by atoms with Gasteiger partial charge in [-0.15, -0.1) is 0 Å². The molecule has 1 aromatic rings. The molecule has 1 amide bonds. The van der Waals surface area contributed by atoms with Crippen LogP contribution in [0.15, 0.2) is 12.1 Å². The van der Waals surface area contributed by atoms with E-state index in [1.54, 1.807) is 6.07 Å². The van der Waals surface area contributed by atoms with Gasteiger partial charge in [-0.25, -0.2) is 0 Å². The molecule has 0 radical (unpaired) electrons. The molecular weight excluding hydrogens is 182 g/mol. The van der Waals surface area contributed by atoms with Gasteiger partial charge < -0.3 is 15.9 Å². The second-order valence-electron chi connectivity index (χ2n) is 3.42. The van der Waals surface area contributed by atoms with Crippen molar-refractivity contribution in [2.24, 2.45) is 5.73 Å². The van der Waals surface area contributed by atoms with Crippen molar-refractivity contribution >= 4 is 5.91 Å². The minimum atomic E-state index is -0.831. The number of nitrogens with two attached hydrogens (primary N) is 1. The summed E-state index contributed by atoms with van der Waals surface area (Å²) in [6.45, 7) is 3.74. The molecule has 1 aromatic carbocycles. The van der Waals surface area contributed by atoms with Crippen LogP contribution in [0.25, 0.3) is 0 Å². The summed E-state index contributed by atoms with van der Waals surface area (Å²) in [6, 6.07) is 2.93. The lowest BCUT2D eigenvalue weighted by molar-refractivity contribution is 0.0995. The van der Waals surface area contributed by atoms with Crippen LogP contribution in [-0.4, -0.2) is 16.1 Å². The minimum absolute atomic E-state index is 0.0636. The highest BCUT2D eigenvalue weighted by molar-refractivity contribution is 5.98. The number of hydrogen-bond donors (Lipinski definition) is 3. The van der Waals surface area contributed by atoms with E-state index in [0.29, 0.717) is 5.56 Å². The summed E-state index contributed by atoms with van der Waals surface area (Å²) in [5.74, 6) is -1.29. The normalized spacial score (nSPS) is 10.5. The van der Waals surface area contributed by atoms with Crippen molar-refractivity contribution in [2.75, 3.05) is 0 Å². The van der Waals surface area contributed by atoms with Crippen LogP contribution in [0.1, 0.15) is 35.7 Å². The zero-order valence-corrected chi connectivity index (χ0v) is 8.11. The molecule has 0 atom stereocenters. The third-order valence-corrected chi connectivity index (χ3v) is 2.06. The van der Waals surface area contributed by atoms with Gasteiger partial charge in [-0.3, -0.25) is 4.79 Å². The number of hydrogen-bond acceptors (Lipinski definition) is 3. The van der Waals surface area contributed by atoms with Gasteiger partial charge >= 0.3 is 0 Å². The molecule has 0 aliphatic rings. The Labute approximate surface area is 82.0 Å². The summed E-state index contributed by atoms with van der Waals surface area (Å²) in [5, 5.41) is 19.0. The van der Waals surface area contributed by atoms with Gasteiger partial charge in [0, 0.05) is 0 Å². The maximum absolute atomic E-state index is 10.9. The Hall–Kier alpha value is -1.71. The van der Waals surface area contributed by atoms with Crippen LogP contribution >= 0.6 is 0 Å². The molecule has 0 aliphatic carbocycles. The quantitative estimate of drug-likeness (QED) is 0.665. The van der Waals surface area contributed by atoms with Crippen molar-refractivity contribution in [3.63, 3.8) is 0 Å². The first-order valence-electron chi connectivity index (χ1n) is 4.29. The van der Waals surface area contributed by atoms with Gasteiger partial charge in [0.2, 0.25) is 0 Å². The summed E-state index contributed by atoms with van der Waals surface area (Å²) < 4.78 is 0. The summed E-state index contributed by atoms with van der Waals surface area (Å²) in [5.41, 5.74) is 5.41. The van der Waals surface area contributed by atoms with E-state index in [1.807, 2.05) is 13.8 Å². The summed E-state index contributed by atoms with van der Waals surface area (Å²) >= 11 is 0. The van der Waals surface area contributed by atoms with E-state index >= 15 is 0 Å². The molecule has 4 N–H and O–H groups in total. The van der Waals surface area contributed by atoms with E-state index in [2.05, 4.69) is 0 Å². The number of primary amides is 1. The molecule has 0 heterocycles. The average molecular weight is 195 g/mol. The number of rotatable bonds is 2. The van der Waals surface area contributed by atoms with E-state index in [-0.39, 0.29) is 23.0 Å². The third-order valence-electron chi connectivity index (χ3n) is 2.06. The molecule has 0 aromatic heterocycles. The van der Waals surface area contributed by atoms with Gasteiger partial charge in [0.1, 0.15) is 17.1 Å². The summed E-state index contributed by atoms with van der Waals surface area (Å²) in [6.07, 6.45) is 0. The van der Waals surface area contributed by atoms with Crippen molar-refractivity contribution in [1.29, 1.82) is 0 Å². The highest BCUT2D eigenvalue weighted by atomic mass is 16.3. The van der Waals surface area contributed by atoms with Gasteiger partial charge in [-0.05, 0) is 17.5 Å². The SMILES string of the molecule is CC(C)c1ccc(O)c(C(N)=O)c1O. The predicted molar refractivity (Wildman–Crippen MR) is 52.4 cm³/mol. The first kappa shape index (κ1) is 10.4. The molecule has 0 fully saturated rings. The largest absolute Gasteiger partial charge is 0.507 e. The molecule has 0 spiro atoms. The lowest BCUT2D eigenvalue weighted by atomic mass is 9.98. The smallest absolute Gasteiger partial charge is 0.256 e. The Bertz CT molecular complexity index is 372. The third kappa shape index (κ3) is 1.64. The van der Waals surface area contributed by atoms with Crippen molar-refractivity contribution in [1.82, 2.24) is 0 Å². The lowest BCUT2D eigenvalue weighted by Gasteiger charge is -2.11. The second kappa shape index (κ2) is 3.57. The zero-order chi connectivity index (χ0) is 10.9. The van der Waals surface area contributed by atoms with E-state index in [0.717, 1.165) is 0 Å². The highest BCUT2D eigenvalue weighted by Gasteiger charge is 2.18. The van der Waals surface area contributed by atoms with Crippen molar-refractivity contribution < 1.29 is 15.0 Å². The molecule has 1 rings (SSSR count). The van der Waals surface area contributed by atoms with Gasteiger partial charge in [-0.1, -0.05) is 19.9 Å². The Morgan fingerprint density at radius 1 is 1.36 bits per heavy atom. The topological polar surface area (TPSA) is 83.5 Å². The van der Waals surface area contributed by atoms with Crippen LogP contribution in [0.2, 0.25) is 0 Å². The van der Waals surface area contributed by atoms with Gasteiger partial charge in [-0.2, -0.15) is 0 Å². The fraction of sp³-hybridized carbons (Fsp3) is 0.300. The Morgan fingerprint density at radius 3 is 2.36 bits per heavy atom. The Balaban J connectivity index is 3.41. The number of aromatic hydroxyl groups is 2. The first-order chi connectivity index (χ1) is 6.45. The van der Waals surface area contributed by atoms with Crippen molar-refractivity contribution in [3.8, 4) is 11.5 Å². The van der Waals surface area contributed by atoms with Gasteiger partial charge in [0.05, 0.1) is 0 Å². The fourth-order valence-electron chi connectivity index (χ4n) is 1.31. The summed E-state index contributed by atoms with van der Waals surface area (Å²) in [4.78, 5) is 10.9. The monoisotopic (exact) mass is 195 g/mol. The summed E-state index contributed by atoms with van der Waals surface area (Å²) in [7, 11) is 0. The number of carbonyl (C=O) groups excluding carboxylic acids is 1. The van der Waals surface area contributed by atoms with Crippen LogP contribution in [0.4, 0.5) is 0 Å². The molecule has 4 heteroatoms. The molecule has 0 saturated heterocycles. The maximum Gasteiger partial charge on any atom is 0.256 e. The molecule has 0 bridgehead atoms. The lowest BCUT2D eigenvalue weighted by Crippen LogP contribution is -2.12. The standard InChI is InChI=1S/C10H13NO3/c1-5(2)6-3-4-7(12)8(9(6)13)10(11)14/h3-5,12-13H,1-2H3,(H2,11,14). The molecule has 4 nitrogen and oxygen atoms in total. The van der Waals surface area contributed by atoms with E-state index < -0.39 is 5.91 Å². The molecule has 76 valence electrons. The Morgan fingerprint density at radius 2 is 1.93 bits per heavy atom. The van der Waals surface area contributed by atoms with Crippen LogP contribution in [-0.2, 0) is 0 Å². The molecule has 0 saturated carbocycles. The molecule has 14 heavy (non-hydrogen) atoms. The van der Waals surface area contributed by atoms with E-state index in [4.69, 9.17) is 5.73 Å². The number of phenols is 2. The predicted octanol–water partition coefficient (Wildman–Crippen LogP) is 1.32. The fourth-order valence-corrected chi connectivity index (χ4v) is 1.31. The van der Waals surface area contributed by atoms with E-state index in [1.165, 1.54) is 6.07 Å². The molecular formula is C10H13NO3. The van der Waals surface area contributed by atoms with Gasteiger partial charge in [0.15, 0.2) is 0 Å². The second-order valence-corrected chi connectivity index (χ2v) is 3.42. The minimum Gasteiger partial charge on any atom is -0.507 e. The van der Waals surface area contributed by atoms with Crippen LogP contribution in [0.5, 0.6) is 11.5 Å². The maximum atomic E-state index is 10.9. The van der Waals surface area contributed by atoms with E-state index in [9.17, 15) is 15.0 Å². The molecule has 0 aliphatic heterocycles. The van der Waals surface area contributed by atoms with Crippen molar-refractivity contribution in [3.05, 3.63) is 23.3 Å². The number of benzene rings is 1. The number of amides is 1. The number of carbonyl (C=O) groups is 1. The highest BCUT2D eigenvalue weighted by Crippen LogP contribution is 2.33. The van der Waals surface area contributed by atoms with Crippen LogP contribution in [0, 0.1) is 0 Å². The first-order valence-corrected chi connectivity index (χ1v) is 4.29. The Kier molecular flexibility index (Phi) is 2.65. The van der Waals surface area contributed by atoms with Crippen molar-refractivity contribution in [2.45, 2.75) is 19.8 Å². The van der Waals surface area contributed by atoms with Crippen LogP contribution in [0.3, 0.4) is 0 Å². The average Bonchev–Trinajstić information content (AvgIpc) is 2.02. The zero-order valence-electron chi connectivity index (χ0n) is 8.11. The van der Waals surface area contributed by atoms with Crippen LogP contribution < -0.4 is 5.73 Å².